The van der Waals surface area contributed by atoms with Crippen LogP contribution in [0, 0.1) is 0 Å². The maximum atomic E-state index is 5.79. The zero-order valence-electron chi connectivity index (χ0n) is 13.6. The van der Waals surface area contributed by atoms with Crippen molar-refractivity contribution in [1.82, 2.24) is 4.90 Å². The molecule has 0 radical (unpaired) electrons. The normalized spacial score (nSPS) is 11.5. The minimum Gasteiger partial charge on any atom is -0.494 e. The zero-order valence-corrected chi connectivity index (χ0v) is 13.6. The molecule has 0 saturated heterocycles. The van der Waals surface area contributed by atoms with E-state index in [1.54, 1.807) is 0 Å². The number of hydrogen-bond donors (Lipinski definition) is 1. The standard InChI is InChI=1S/C18H23N3O2/c1-21(2)13-6-14-22-16-9-11-17(12-10-16)23-18(19)20-15-7-4-3-5-8-15/h3-5,7-12H,6,13-14H2,1-2H3,(H2,19,20). The average Bonchev–Trinajstić information content (AvgIpc) is 2.54. The van der Waals surface area contributed by atoms with Crippen molar-refractivity contribution in [1.29, 1.82) is 0 Å². The topological polar surface area (TPSA) is 60.1 Å². The molecular weight excluding hydrogens is 290 g/mol. The molecule has 2 N–H and O–H groups in total. The first-order valence-electron chi connectivity index (χ1n) is 7.58. The van der Waals surface area contributed by atoms with E-state index in [2.05, 4.69) is 9.89 Å². The summed E-state index contributed by atoms with van der Waals surface area (Å²) in [4.78, 5) is 6.32. The summed E-state index contributed by atoms with van der Waals surface area (Å²) in [6.45, 7) is 1.70. The summed E-state index contributed by atoms with van der Waals surface area (Å²) in [5.74, 6) is 1.44. The number of amidine groups is 1. The molecule has 5 heteroatoms. The Hall–Kier alpha value is -2.53. The van der Waals surface area contributed by atoms with Crippen LogP contribution in [0.1, 0.15) is 6.42 Å². The SMILES string of the molecule is CN(C)CCCOc1ccc(OC(N)=Nc2ccccc2)cc1. The molecule has 0 aliphatic carbocycles. The van der Waals surface area contributed by atoms with Crippen molar-refractivity contribution in [2.45, 2.75) is 6.42 Å². The van der Waals surface area contributed by atoms with Crippen LogP contribution in [-0.2, 0) is 0 Å². The molecule has 0 fully saturated rings. The average molecular weight is 313 g/mol. The van der Waals surface area contributed by atoms with Gasteiger partial charge >= 0.3 is 0 Å². The Labute approximate surface area is 137 Å². The first-order chi connectivity index (χ1) is 11.1. The minimum atomic E-state index is 0.107. The predicted octanol–water partition coefficient (Wildman–Crippen LogP) is 3.04. The van der Waals surface area contributed by atoms with Gasteiger partial charge in [-0.05, 0) is 56.9 Å². The van der Waals surface area contributed by atoms with E-state index < -0.39 is 0 Å². The fraction of sp³-hybridized carbons (Fsp3) is 0.278. The first-order valence-corrected chi connectivity index (χ1v) is 7.58. The summed E-state index contributed by atoms with van der Waals surface area (Å²) in [5.41, 5.74) is 6.55. The van der Waals surface area contributed by atoms with E-state index in [0.717, 1.165) is 24.4 Å². The van der Waals surface area contributed by atoms with Gasteiger partial charge in [0.15, 0.2) is 0 Å². The van der Waals surface area contributed by atoms with Gasteiger partial charge in [0.25, 0.3) is 6.02 Å². The number of hydrogen-bond acceptors (Lipinski definition) is 4. The van der Waals surface area contributed by atoms with Crippen LogP contribution in [0.25, 0.3) is 0 Å². The number of benzene rings is 2. The molecule has 0 atom stereocenters. The van der Waals surface area contributed by atoms with E-state index in [1.165, 1.54) is 0 Å². The Morgan fingerprint density at radius 2 is 1.65 bits per heavy atom. The minimum absolute atomic E-state index is 0.107. The van der Waals surface area contributed by atoms with Gasteiger partial charge in [-0.15, -0.1) is 0 Å². The summed E-state index contributed by atoms with van der Waals surface area (Å²) >= 11 is 0. The van der Waals surface area contributed by atoms with Crippen molar-refractivity contribution in [3.8, 4) is 11.5 Å². The smallest absolute Gasteiger partial charge is 0.292 e. The summed E-state index contributed by atoms with van der Waals surface area (Å²) < 4.78 is 11.2. The number of ether oxygens (including phenoxy) is 2. The van der Waals surface area contributed by atoms with Crippen molar-refractivity contribution in [3.63, 3.8) is 0 Å². The zero-order chi connectivity index (χ0) is 16.5. The second-order valence-electron chi connectivity index (χ2n) is 5.36. The third-order valence-electron chi connectivity index (χ3n) is 3.06. The van der Waals surface area contributed by atoms with Gasteiger partial charge in [0.05, 0.1) is 12.3 Å². The number of nitrogens with two attached hydrogens (primary N) is 1. The molecule has 2 aromatic rings. The second kappa shape index (κ2) is 8.80. The van der Waals surface area contributed by atoms with Gasteiger partial charge in [0.2, 0.25) is 0 Å². The summed E-state index contributed by atoms with van der Waals surface area (Å²) in [6, 6.07) is 16.9. The molecule has 0 amide bonds. The quantitative estimate of drug-likeness (QED) is 0.485. The Balaban J connectivity index is 1.84. The number of nitrogens with zero attached hydrogens (tertiary/aromatic N) is 2. The highest BCUT2D eigenvalue weighted by Gasteiger charge is 2.00. The molecule has 122 valence electrons. The number of rotatable bonds is 7. The lowest BCUT2D eigenvalue weighted by atomic mass is 10.3. The molecular formula is C18H23N3O2. The van der Waals surface area contributed by atoms with Crippen molar-refractivity contribution < 1.29 is 9.47 Å². The fourth-order valence-corrected chi connectivity index (χ4v) is 1.95. The molecule has 0 heterocycles. The second-order valence-corrected chi connectivity index (χ2v) is 5.36. The molecule has 2 rings (SSSR count). The molecule has 23 heavy (non-hydrogen) atoms. The third-order valence-corrected chi connectivity index (χ3v) is 3.06. The molecule has 0 saturated carbocycles. The van der Waals surface area contributed by atoms with Crippen LogP contribution in [0.5, 0.6) is 11.5 Å². The van der Waals surface area contributed by atoms with Crippen molar-refractivity contribution >= 4 is 11.7 Å². The van der Waals surface area contributed by atoms with E-state index in [4.69, 9.17) is 15.2 Å². The van der Waals surface area contributed by atoms with Gasteiger partial charge < -0.3 is 20.1 Å². The van der Waals surface area contributed by atoms with Crippen LogP contribution in [0.3, 0.4) is 0 Å². The van der Waals surface area contributed by atoms with Crippen molar-refractivity contribution in [2.75, 3.05) is 27.2 Å². The summed E-state index contributed by atoms with van der Waals surface area (Å²) in [6.07, 6.45) is 0.988. The molecule has 2 aromatic carbocycles. The molecule has 5 nitrogen and oxygen atoms in total. The maximum absolute atomic E-state index is 5.79. The fourth-order valence-electron chi connectivity index (χ4n) is 1.95. The lowest BCUT2D eigenvalue weighted by Crippen LogP contribution is -2.19. The van der Waals surface area contributed by atoms with Crippen LogP contribution >= 0.6 is 0 Å². The Bertz CT molecular complexity index is 610. The van der Waals surface area contributed by atoms with E-state index >= 15 is 0 Å². The Morgan fingerprint density at radius 3 is 2.30 bits per heavy atom. The molecule has 0 spiro atoms. The molecule has 0 bridgehead atoms. The van der Waals surface area contributed by atoms with Gasteiger partial charge in [-0.25, -0.2) is 0 Å². The highest BCUT2D eigenvalue weighted by atomic mass is 16.5. The van der Waals surface area contributed by atoms with Gasteiger partial charge in [0, 0.05) is 6.54 Å². The van der Waals surface area contributed by atoms with Gasteiger partial charge in [-0.3, -0.25) is 0 Å². The van der Waals surface area contributed by atoms with Gasteiger partial charge in [-0.1, -0.05) is 18.2 Å². The molecule has 0 unspecified atom stereocenters. The van der Waals surface area contributed by atoms with Crippen LogP contribution < -0.4 is 15.2 Å². The van der Waals surface area contributed by atoms with E-state index in [0.29, 0.717) is 12.4 Å². The highest BCUT2D eigenvalue weighted by molar-refractivity contribution is 5.77. The largest absolute Gasteiger partial charge is 0.494 e. The summed E-state index contributed by atoms with van der Waals surface area (Å²) in [7, 11) is 4.10. The van der Waals surface area contributed by atoms with Crippen LogP contribution in [0.2, 0.25) is 0 Å². The first kappa shape index (κ1) is 16.8. The van der Waals surface area contributed by atoms with Crippen LogP contribution in [0.4, 0.5) is 5.69 Å². The lowest BCUT2D eigenvalue weighted by molar-refractivity contribution is 0.281. The van der Waals surface area contributed by atoms with E-state index in [-0.39, 0.29) is 6.02 Å². The highest BCUT2D eigenvalue weighted by Crippen LogP contribution is 2.18. The third kappa shape index (κ3) is 6.40. The van der Waals surface area contributed by atoms with E-state index in [1.807, 2.05) is 68.7 Å². The van der Waals surface area contributed by atoms with Gasteiger partial charge in [-0.2, -0.15) is 4.99 Å². The Kier molecular flexibility index (Phi) is 6.44. The van der Waals surface area contributed by atoms with Crippen LogP contribution in [-0.4, -0.2) is 38.2 Å². The van der Waals surface area contributed by atoms with E-state index in [9.17, 15) is 0 Å². The van der Waals surface area contributed by atoms with Gasteiger partial charge in [0.1, 0.15) is 11.5 Å². The number of aliphatic imine (C=N–C) groups is 1. The predicted molar refractivity (Wildman–Crippen MR) is 93.5 cm³/mol. The lowest BCUT2D eigenvalue weighted by Gasteiger charge is -2.10. The molecule has 0 aliphatic rings. The Morgan fingerprint density at radius 1 is 1.00 bits per heavy atom. The van der Waals surface area contributed by atoms with Crippen LogP contribution in [0.15, 0.2) is 59.6 Å². The van der Waals surface area contributed by atoms with Crippen molar-refractivity contribution in [2.24, 2.45) is 10.7 Å². The monoisotopic (exact) mass is 313 g/mol. The van der Waals surface area contributed by atoms with Crippen molar-refractivity contribution in [3.05, 3.63) is 54.6 Å². The number of para-hydroxylation sites is 1. The maximum Gasteiger partial charge on any atom is 0.292 e. The molecule has 0 aromatic heterocycles. The summed E-state index contributed by atoms with van der Waals surface area (Å²) in [5, 5.41) is 0. The molecule has 0 aliphatic heterocycles.